The molecule has 6 rings (SSSR count). The first-order valence-electron chi connectivity index (χ1n) is 14.2. The lowest BCUT2D eigenvalue weighted by Crippen LogP contribution is -2.44. The molecule has 0 spiro atoms. The predicted octanol–water partition coefficient (Wildman–Crippen LogP) is 5.99. The third-order valence-electron chi connectivity index (χ3n) is 8.05. The van der Waals surface area contributed by atoms with Crippen LogP contribution >= 0.6 is 0 Å². The fourth-order valence-corrected chi connectivity index (χ4v) is 5.82. The van der Waals surface area contributed by atoms with Gasteiger partial charge in [-0.1, -0.05) is 42.5 Å². The maximum absolute atomic E-state index is 15.6. The average Bonchev–Trinajstić information content (AvgIpc) is 3.59. The summed E-state index contributed by atoms with van der Waals surface area (Å²) in [5.74, 6) is -1.95. The topological polar surface area (TPSA) is 97.2 Å². The fourth-order valence-electron chi connectivity index (χ4n) is 5.82. The fraction of sp³-hybridized carbons (Fsp3) is 0.206. The molecule has 2 atom stereocenters. The zero-order valence-corrected chi connectivity index (χ0v) is 24.1. The number of carbonyl (C=O) groups is 3. The molecule has 2 aromatic heterocycles. The summed E-state index contributed by atoms with van der Waals surface area (Å²) in [7, 11) is 0. The molecule has 1 unspecified atom stereocenters. The summed E-state index contributed by atoms with van der Waals surface area (Å²) in [5.41, 5.74) is 4.56. The van der Waals surface area contributed by atoms with Gasteiger partial charge in [0.2, 0.25) is 11.8 Å². The van der Waals surface area contributed by atoms with E-state index in [4.69, 9.17) is 0 Å². The van der Waals surface area contributed by atoms with E-state index in [0.717, 1.165) is 16.7 Å². The normalized spacial score (nSPS) is 16.3. The van der Waals surface area contributed by atoms with Crippen molar-refractivity contribution in [2.45, 2.75) is 39.0 Å². The minimum absolute atomic E-state index is 0.0480. The van der Waals surface area contributed by atoms with Gasteiger partial charge in [0, 0.05) is 40.2 Å². The van der Waals surface area contributed by atoms with Crippen LogP contribution in [0.1, 0.15) is 29.3 Å². The Balaban J connectivity index is 1.25. The molecule has 5 aromatic rings. The van der Waals surface area contributed by atoms with Crippen molar-refractivity contribution in [3.8, 4) is 22.3 Å². The molecular formula is C34H29F2N5O3. The lowest BCUT2D eigenvalue weighted by molar-refractivity contribution is -0.137. The van der Waals surface area contributed by atoms with Crippen molar-refractivity contribution in [3.05, 3.63) is 102 Å². The van der Waals surface area contributed by atoms with E-state index >= 15 is 4.39 Å². The Morgan fingerprint density at radius 2 is 1.77 bits per heavy atom. The number of carbonyl (C=O) groups excluding carboxylic acids is 3. The largest absolute Gasteiger partial charge is 0.337 e. The summed E-state index contributed by atoms with van der Waals surface area (Å²) in [4.78, 5) is 40.7. The van der Waals surface area contributed by atoms with Gasteiger partial charge in [0.25, 0.3) is 0 Å². The lowest BCUT2D eigenvalue weighted by atomic mass is 9.99. The summed E-state index contributed by atoms with van der Waals surface area (Å²) in [6.45, 7) is 2.84. The van der Waals surface area contributed by atoms with Gasteiger partial charge < -0.3 is 14.8 Å². The molecule has 3 heterocycles. The van der Waals surface area contributed by atoms with Crippen LogP contribution in [-0.2, 0) is 16.1 Å². The van der Waals surface area contributed by atoms with Gasteiger partial charge in [-0.15, -0.1) is 0 Å². The second kappa shape index (κ2) is 11.8. The quantitative estimate of drug-likeness (QED) is 0.234. The van der Waals surface area contributed by atoms with E-state index in [2.05, 4.69) is 15.5 Å². The zero-order valence-electron chi connectivity index (χ0n) is 24.1. The number of aryl methyl sites for hydroxylation is 1. The first-order chi connectivity index (χ1) is 21.2. The first kappa shape index (κ1) is 28.9. The summed E-state index contributed by atoms with van der Waals surface area (Å²) in [6.07, 6.45) is 3.18. The Kier molecular flexibility index (Phi) is 7.73. The SMILES string of the molecule is CC(=O)c1cn(CC(=O)N2C[C@H](F)CC2C(=O)Nc2cccc(-c3ccccc3C)c2F)c2ccc(-c3ccnnc3)cc12. The van der Waals surface area contributed by atoms with Gasteiger partial charge in [0.15, 0.2) is 11.6 Å². The van der Waals surface area contributed by atoms with Gasteiger partial charge in [-0.25, -0.2) is 8.78 Å². The van der Waals surface area contributed by atoms with Crippen molar-refractivity contribution >= 4 is 34.2 Å². The number of hydrogen-bond donors (Lipinski definition) is 1. The number of nitrogens with one attached hydrogen (secondary N) is 1. The van der Waals surface area contributed by atoms with Crippen LogP contribution in [0, 0.1) is 12.7 Å². The van der Waals surface area contributed by atoms with Crippen LogP contribution in [-0.4, -0.2) is 56.0 Å². The molecule has 3 aromatic carbocycles. The number of anilines is 1. The van der Waals surface area contributed by atoms with E-state index in [-0.39, 0.29) is 31.0 Å². The van der Waals surface area contributed by atoms with E-state index in [9.17, 15) is 18.8 Å². The molecule has 1 aliphatic heterocycles. The third kappa shape index (κ3) is 5.46. The number of nitrogens with zero attached hydrogens (tertiary/aromatic N) is 4. The molecule has 0 bridgehead atoms. The Bertz CT molecular complexity index is 1910. The van der Waals surface area contributed by atoms with Crippen LogP contribution in [0.4, 0.5) is 14.5 Å². The number of fused-ring (bicyclic) bond motifs is 1. The van der Waals surface area contributed by atoms with E-state index in [1.165, 1.54) is 17.9 Å². The second-order valence-electron chi connectivity index (χ2n) is 11.0. The van der Waals surface area contributed by atoms with E-state index < -0.39 is 29.8 Å². The van der Waals surface area contributed by atoms with Crippen molar-refractivity contribution < 1.29 is 23.2 Å². The van der Waals surface area contributed by atoms with Crippen molar-refractivity contribution in [2.75, 3.05) is 11.9 Å². The maximum atomic E-state index is 15.6. The number of benzene rings is 3. The molecule has 8 nitrogen and oxygen atoms in total. The van der Waals surface area contributed by atoms with E-state index in [1.54, 1.807) is 59.6 Å². The van der Waals surface area contributed by atoms with Gasteiger partial charge in [-0.2, -0.15) is 10.2 Å². The Labute approximate surface area is 252 Å². The molecule has 44 heavy (non-hydrogen) atoms. The first-order valence-corrected chi connectivity index (χ1v) is 14.2. The lowest BCUT2D eigenvalue weighted by Gasteiger charge is -2.24. The van der Waals surface area contributed by atoms with Crippen molar-refractivity contribution in [1.82, 2.24) is 19.7 Å². The molecule has 1 saturated heterocycles. The van der Waals surface area contributed by atoms with E-state index in [1.807, 2.05) is 31.2 Å². The molecule has 0 saturated carbocycles. The third-order valence-corrected chi connectivity index (χ3v) is 8.05. The number of hydrogen-bond acceptors (Lipinski definition) is 5. The molecule has 1 aliphatic rings. The number of likely N-dealkylation sites (tertiary alicyclic amines) is 1. The highest BCUT2D eigenvalue weighted by molar-refractivity contribution is 6.08. The summed E-state index contributed by atoms with van der Waals surface area (Å²) in [5, 5.41) is 11.0. The second-order valence-corrected chi connectivity index (χ2v) is 11.0. The Morgan fingerprint density at radius 3 is 2.52 bits per heavy atom. The van der Waals surface area contributed by atoms with Crippen LogP contribution in [0.3, 0.4) is 0 Å². The molecule has 0 aliphatic carbocycles. The number of rotatable bonds is 7. The smallest absolute Gasteiger partial charge is 0.247 e. The van der Waals surface area contributed by atoms with Crippen LogP contribution in [0.25, 0.3) is 33.2 Å². The van der Waals surface area contributed by atoms with Crippen LogP contribution in [0.15, 0.2) is 85.3 Å². The molecule has 2 amide bonds. The van der Waals surface area contributed by atoms with Crippen molar-refractivity contribution in [1.29, 1.82) is 0 Å². The summed E-state index contributed by atoms with van der Waals surface area (Å²) < 4.78 is 31.9. The highest BCUT2D eigenvalue weighted by Gasteiger charge is 2.40. The number of ketones is 1. The molecule has 1 fully saturated rings. The zero-order chi connectivity index (χ0) is 31.0. The average molecular weight is 594 g/mol. The highest BCUT2D eigenvalue weighted by Crippen LogP contribution is 2.32. The van der Waals surface area contributed by atoms with Crippen LogP contribution < -0.4 is 5.32 Å². The molecular weight excluding hydrogens is 564 g/mol. The maximum Gasteiger partial charge on any atom is 0.247 e. The standard InChI is InChI=1S/C34H29F2N5O3/c1-20-6-3-4-7-25(20)26-8-5-9-29(33(26)36)39-34(44)31-15-24(35)17-41(31)32(43)19-40-18-28(21(2)42)27-14-22(10-11-30(27)40)23-12-13-37-38-16-23/h3-14,16,18,24,31H,15,17,19H2,1-2H3,(H,39,44)/t24-,31?/m1/s1. The van der Waals surface area contributed by atoms with Gasteiger partial charge >= 0.3 is 0 Å². The van der Waals surface area contributed by atoms with Gasteiger partial charge in [0.05, 0.1) is 24.6 Å². The molecule has 222 valence electrons. The summed E-state index contributed by atoms with van der Waals surface area (Å²) in [6, 6.07) is 18.2. The highest BCUT2D eigenvalue weighted by atomic mass is 19.1. The summed E-state index contributed by atoms with van der Waals surface area (Å²) >= 11 is 0. The predicted molar refractivity (Wildman–Crippen MR) is 163 cm³/mol. The molecule has 0 radical (unpaired) electrons. The Morgan fingerprint density at radius 1 is 0.977 bits per heavy atom. The number of aromatic nitrogens is 3. The van der Waals surface area contributed by atoms with Gasteiger partial charge in [-0.05, 0) is 54.8 Å². The Hall–Kier alpha value is -5.25. The van der Waals surface area contributed by atoms with Crippen molar-refractivity contribution in [3.63, 3.8) is 0 Å². The molecule has 1 N–H and O–H groups in total. The minimum atomic E-state index is -1.41. The van der Waals surface area contributed by atoms with Crippen LogP contribution in [0.2, 0.25) is 0 Å². The number of halogens is 2. The minimum Gasteiger partial charge on any atom is -0.337 e. The van der Waals surface area contributed by atoms with Crippen LogP contribution in [0.5, 0.6) is 0 Å². The van der Waals surface area contributed by atoms with Crippen molar-refractivity contribution in [2.24, 2.45) is 0 Å². The molecule has 10 heteroatoms. The monoisotopic (exact) mass is 593 g/mol. The number of amides is 2. The number of alkyl halides is 1. The van der Waals surface area contributed by atoms with Gasteiger partial charge in [-0.3, -0.25) is 14.4 Å². The van der Waals surface area contributed by atoms with E-state index in [0.29, 0.717) is 27.6 Å². The van der Waals surface area contributed by atoms with Gasteiger partial charge in [0.1, 0.15) is 18.8 Å². The number of Topliss-reactive ketones (excluding diaryl/α,β-unsaturated/α-hetero) is 1.